The van der Waals surface area contributed by atoms with Gasteiger partial charge < -0.3 is 19.4 Å². The molecule has 36 heavy (non-hydrogen) atoms. The number of benzene rings is 3. The van der Waals surface area contributed by atoms with Gasteiger partial charge >= 0.3 is 12.3 Å². The number of alkyl halides is 3. The zero-order valence-electron chi connectivity index (χ0n) is 19.0. The second-order valence-corrected chi connectivity index (χ2v) is 9.06. The van der Waals surface area contributed by atoms with Gasteiger partial charge in [-0.15, -0.1) is 0 Å². The molecule has 9 heteroatoms. The Bertz CT molecular complexity index is 1400. The molecule has 0 saturated heterocycles. The monoisotopic (exact) mass is 514 g/mol. The molecule has 5 nitrogen and oxygen atoms in total. The number of hydrogen-bond donors (Lipinski definition) is 1. The summed E-state index contributed by atoms with van der Waals surface area (Å²) >= 11 is 6.29. The number of ether oxygens (including phenoxy) is 2. The van der Waals surface area contributed by atoms with Crippen molar-refractivity contribution in [3.8, 4) is 11.5 Å². The second kappa shape index (κ2) is 9.78. The number of amides is 1. The summed E-state index contributed by atoms with van der Waals surface area (Å²) in [7, 11) is 0. The number of nitrogens with zero attached hydrogens (tertiary/aromatic N) is 1. The number of para-hydroxylation sites is 1. The number of aromatic nitrogens is 1. The maximum atomic E-state index is 13.3. The van der Waals surface area contributed by atoms with Crippen LogP contribution in [0.2, 0.25) is 5.02 Å². The lowest BCUT2D eigenvalue weighted by molar-refractivity contribution is -0.137. The number of fused-ring (bicyclic) bond motifs is 1. The number of rotatable bonds is 7. The van der Waals surface area contributed by atoms with Crippen LogP contribution in [-0.4, -0.2) is 16.7 Å². The third-order valence-electron chi connectivity index (χ3n) is 5.90. The molecule has 186 valence electrons. The predicted molar refractivity (Wildman–Crippen MR) is 130 cm³/mol. The number of carbonyl (C=O) groups excluding carboxylic acids is 1. The van der Waals surface area contributed by atoms with Gasteiger partial charge in [0.25, 0.3) is 0 Å². The minimum Gasteiger partial charge on any atom is -0.487 e. The van der Waals surface area contributed by atoms with Gasteiger partial charge in [0.1, 0.15) is 18.1 Å². The molecule has 1 fully saturated rings. The predicted octanol–water partition coefficient (Wildman–Crippen LogP) is 7.19. The van der Waals surface area contributed by atoms with E-state index in [2.05, 4.69) is 5.32 Å². The van der Waals surface area contributed by atoms with Crippen molar-refractivity contribution in [1.82, 2.24) is 9.88 Å². The minimum atomic E-state index is -4.48. The van der Waals surface area contributed by atoms with E-state index in [1.54, 1.807) is 18.2 Å². The Morgan fingerprint density at radius 3 is 2.50 bits per heavy atom. The van der Waals surface area contributed by atoms with Crippen LogP contribution < -0.4 is 14.8 Å². The maximum absolute atomic E-state index is 13.3. The Labute approximate surface area is 210 Å². The Kier molecular flexibility index (Phi) is 6.53. The molecule has 3 aromatic carbocycles. The van der Waals surface area contributed by atoms with Crippen LogP contribution in [0.1, 0.15) is 29.7 Å². The first-order chi connectivity index (χ1) is 17.3. The van der Waals surface area contributed by atoms with E-state index in [0.717, 1.165) is 41.6 Å². The minimum absolute atomic E-state index is 0.0993. The molecule has 0 aliphatic heterocycles. The zero-order chi connectivity index (χ0) is 25.3. The molecule has 0 radical (unpaired) electrons. The van der Waals surface area contributed by atoms with Crippen molar-refractivity contribution in [3.05, 3.63) is 94.6 Å². The molecule has 0 spiro atoms. The van der Waals surface area contributed by atoms with E-state index >= 15 is 0 Å². The quantitative estimate of drug-likeness (QED) is 0.284. The average molecular weight is 515 g/mol. The number of carbonyl (C=O) groups is 1. The first-order valence-electron chi connectivity index (χ1n) is 11.4. The van der Waals surface area contributed by atoms with E-state index in [1.807, 2.05) is 41.0 Å². The summed E-state index contributed by atoms with van der Waals surface area (Å²) in [6.45, 7) is 0.274. The summed E-state index contributed by atoms with van der Waals surface area (Å²) in [5.41, 5.74) is 1.03. The summed E-state index contributed by atoms with van der Waals surface area (Å²) in [5.74, 6) is 1.03. The van der Waals surface area contributed by atoms with Crippen LogP contribution in [0.25, 0.3) is 10.9 Å². The van der Waals surface area contributed by atoms with Crippen LogP contribution in [0.4, 0.5) is 18.0 Å². The van der Waals surface area contributed by atoms with Gasteiger partial charge in [0, 0.05) is 28.5 Å². The van der Waals surface area contributed by atoms with Gasteiger partial charge in [0.15, 0.2) is 0 Å². The number of nitrogens with one attached hydrogen (secondary N) is 1. The molecule has 5 rings (SSSR count). The summed E-state index contributed by atoms with van der Waals surface area (Å²) < 4.78 is 53.2. The molecule has 1 aromatic heterocycles. The highest BCUT2D eigenvalue weighted by Gasteiger charge is 2.31. The molecular weight excluding hydrogens is 493 g/mol. The van der Waals surface area contributed by atoms with Crippen LogP contribution in [0, 0.1) is 0 Å². The SMILES string of the molecule is O=C(NC1CC1)Oc1ccc2c(c1)cc(COc1ccccc1)n2Cc1cc(C(F)(F)F)ccc1Cl. The molecule has 1 aliphatic carbocycles. The van der Waals surface area contributed by atoms with Gasteiger partial charge in [-0.1, -0.05) is 29.8 Å². The van der Waals surface area contributed by atoms with Crippen molar-refractivity contribution < 1.29 is 27.4 Å². The molecule has 0 bridgehead atoms. The fraction of sp³-hybridized carbons (Fsp3) is 0.222. The molecule has 1 saturated carbocycles. The smallest absolute Gasteiger partial charge is 0.416 e. The highest BCUT2D eigenvalue weighted by Crippen LogP contribution is 2.33. The van der Waals surface area contributed by atoms with Crippen LogP contribution in [-0.2, 0) is 19.3 Å². The molecule has 1 aliphatic rings. The second-order valence-electron chi connectivity index (χ2n) is 8.66. The Morgan fingerprint density at radius 2 is 1.78 bits per heavy atom. The third-order valence-corrected chi connectivity index (χ3v) is 6.27. The highest BCUT2D eigenvalue weighted by molar-refractivity contribution is 6.31. The molecule has 0 atom stereocenters. The first-order valence-corrected chi connectivity index (χ1v) is 11.8. The first kappa shape index (κ1) is 24.1. The van der Waals surface area contributed by atoms with Crippen molar-refractivity contribution >= 4 is 28.6 Å². The molecular formula is C27H22ClF3N2O3. The lowest BCUT2D eigenvalue weighted by Crippen LogP contribution is -2.28. The van der Waals surface area contributed by atoms with Crippen molar-refractivity contribution in [3.63, 3.8) is 0 Å². The van der Waals surface area contributed by atoms with Gasteiger partial charge in [-0.3, -0.25) is 0 Å². The van der Waals surface area contributed by atoms with Gasteiger partial charge in [0.05, 0.1) is 11.3 Å². The lowest BCUT2D eigenvalue weighted by Gasteiger charge is -2.15. The fourth-order valence-corrected chi connectivity index (χ4v) is 4.10. The van der Waals surface area contributed by atoms with Gasteiger partial charge in [-0.25, -0.2) is 4.79 Å². The third kappa shape index (κ3) is 5.60. The van der Waals surface area contributed by atoms with Crippen LogP contribution >= 0.6 is 11.6 Å². The molecule has 1 amide bonds. The van der Waals surface area contributed by atoms with Crippen LogP contribution in [0.15, 0.2) is 72.8 Å². The maximum Gasteiger partial charge on any atom is 0.416 e. The van der Waals surface area contributed by atoms with E-state index in [-0.39, 0.29) is 24.2 Å². The van der Waals surface area contributed by atoms with E-state index in [4.69, 9.17) is 21.1 Å². The molecule has 0 unspecified atom stereocenters. The standard InChI is InChI=1S/C27H22ClF3N2O3/c28-24-10-6-19(27(29,30)31)12-18(24)15-33-21(16-35-22-4-2-1-3-5-22)13-17-14-23(9-11-25(17)33)36-26(34)32-20-7-8-20/h1-6,9-14,20H,7-8,15-16H2,(H,32,34). The number of hydrogen-bond acceptors (Lipinski definition) is 3. The molecule has 4 aromatic rings. The summed E-state index contributed by atoms with van der Waals surface area (Å²) in [6, 6.07) is 19.7. The summed E-state index contributed by atoms with van der Waals surface area (Å²) in [6.07, 6.45) is -3.11. The van der Waals surface area contributed by atoms with Crippen LogP contribution in [0.3, 0.4) is 0 Å². The number of halogens is 4. The summed E-state index contributed by atoms with van der Waals surface area (Å²) in [5, 5.41) is 3.75. The average Bonchev–Trinajstić information content (AvgIpc) is 3.59. The van der Waals surface area contributed by atoms with Crippen molar-refractivity contribution in [1.29, 1.82) is 0 Å². The van der Waals surface area contributed by atoms with Crippen molar-refractivity contribution in [2.24, 2.45) is 0 Å². The Balaban J connectivity index is 1.48. The van der Waals surface area contributed by atoms with Crippen LogP contribution in [0.5, 0.6) is 11.5 Å². The van der Waals surface area contributed by atoms with Crippen molar-refractivity contribution in [2.45, 2.75) is 38.2 Å². The molecule has 1 N–H and O–H groups in total. The zero-order valence-corrected chi connectivity index (χ0v) is 19.8. The van der Waals surface area contributed by atoms with E-state index in [0.29, 0.717) is 17.1 Å². The van der Waals surface area contributed by atoms with E-state index < -0.39 is 17.8 Å². The van der Waals surface area contributed by atoms with Gasteiger partial charge in [0.2, 0.25) is 0 Å². The molecule has 1 heterocycles. The largest absolute Gasteiger partial charge is 0.487 e. The van der Waals surface area contributed by atoms with E-state index in [1.165, 1.54) is 6.07 Å². The Morgan fingerprint density at radius 1 is 1.00 bits per heavy atom. The van der Waals surface area contributed by atoms with Gasteiger partial charge in [-0.2, -0.15) is 13.2 Å². The fourth-order valence-electron chi connectivity index (χ4n) is 3.92. The normalized spacial score (nSPS) is 13.6. The van der Waals surface area contributed by atoms with Gasteiger partial charge in [-0.05, 0) is 73.0 Å². The highest BCUT2D eigenvalue weighted by atomic mass is 35.5. The van der Waals surface area contributed by atoms with E-state index in [9.17, 15) is 18.0 Å². The summed E-state index contributed by atoms with van der Waals surface area (Å²) in [4.78, 5) is 12.1. The Hall–Kier alpha value is -3.65. The van der Waals surface area contributed by atoms with Crippen molar-refractivity contribution in [2.75, 3.05) is 0 Å². The lowest BCUT2D eigenvalue weighted by atomic mass is 10.1. The topological polar surface area (TPSA) is 52.5 Å².